The Labute approximate surface area is 172 Å². The fraction of sp³-hybridized carbons (Fsp3) is 0.0526. The highest BCUT2D eigenvalue weighted by atomic mass is 32.2. The summed E-state index contributed by atoms with van der Waals surface area (Å²) in [7, 11) is -3.91. The first kappa shape index (κ1) is 20.1. The molecule has 0 saturated carbocycles. The van der Waals surface area contributed by atoms with Crippen LogP contribution in [0.15, 0.2) is 71.2 Å². The van der Waals surface area contributed by atoms with Gasteiger partial charge in [-0.05, 0) is 36.4 Å². The zero-order chi connectivity index (χ0) is 21.5. The first-order valence-electron chi connectivity index (χ1n) is 8.41. The highest BCUT2D eigenvalue weighted by Crippen LogP contribution is 2.33. The van der Waals surface area contributed by atoms with E-state index in [2.05, 4.69) is 9.71 Å². The second kappa shape index (κ2) is 7.26. The predicted molar refractivity (Wildman–Crippen MR) is 106 cm³/mol. The van der Waals surface area contributed by atoms with Crippen molar-refractivity contribution < 1.29 is 26.4 Å². The maximum atomic E-state index is 13.3. The van der Waals surface area contributed by atoms with E-state index in [1.54, 1.807) is 5.38 Å². The van der Waals surface area contributed by atoms with Crippen molar-refractivity contribution in [1.82, 2.24) is 9.55 Å². The fourth-order valence-corrected chi connectivity index (χ4v) is 4.78. The number of hydrogen-bond acceptors (Lipinski definition) is 5. The minimum absolute atomic E-state index is 0.0638. The summed E-state index contributed by atoms with van der Waals surface area (Å²) in [5.41, 5.74) is -1.25. The summed E-state index contributed by atoms with van der Waals surface area (Å²) in [6.45, 7) is 0. The van der Waals surface area contributed by atoms with E-state index >= 15 is 0 Å². The number of rotatable bonds is 4. The van der Waals surface area contributed by atoms with Crippen LogP contribution in [0.3, 0.4) is 0 Å². The Morgan fingerprint density at radius 2 is 1.87 bits per heavy atom. The van der Waals surface area contributed by atoms with Gasteiger partial charge in [0.25, 0.3) is 15.9 Å². The van der Waals surface area contributed by atoms with Gasteiger partial charge in [0.1, 0.15) is 0 Å². The van der Waals surface area contributed by atoms with Crippen molar-refractivity contribution in [2.24, 2.45) is 0 Å². The second-order valence-electron chi connectivity index (χ2n) is 6.20. The number of benzene rings is 2. The minimum atomic E-state index is -4.68. The van der Waals surface area contributed by atoms with Crippen LogP contribution in [0.2, 0.25) is 0 Å². The van der Waals surface area contributed by atoms with Crippen LogP contribution in [0, 0.1) is 0 Å². The Morgan fingerprint density at radius 1 is 1.10 bits per heavy atom. The molecule has 0 unspecified atom stereocenters. The van der Waals surface area contributed by atoms with Crippen LogP contribution in [0.5, 0.6) is 0 Å². The number of fused-ring (bicyclic) bond motifs is 1. The minimum Gasteiger partial charge on any atom is -0.283 e. The Hall–Kier alpha value is -3.18. The van der Waals surface area contributed by atoms with E-state index in [4.69, 9.17) is 0 Å². The Balaban J connectivity index is 1.73. The summed E-state index contributed by atoms with van der Waals surface area (Å²) in [6, 6.07) is 9.96. The summed E-state index contributed by atoms with van der Waals surface area (Å²) in [5.74, 6) is -0.866. The molecule has 0 bridgehead atoms. The number of thiazole rings is 1. The van der Waals surface area contributed by atoms with Crippen molar-refractivity contribution in [3.05, 3.63) is 77.4 Å². The monoisotopic (exact) mass is 451 g/mol. The van der Waals surface area contributed by atoms with Gasteiger partial charge in [-0.3, -0.25) is 14.1 Å². The Bertz CT molecular complexity index is 1340. The molecule has 2 aromatic heterocycles. The van der Waals surface area contributed by atoms with Crippen LogP contribution in [-0.4, -0.2) is 23.9 Å². The van der Waals surface area contributed by atoms with Gasteiger partial charge in [0.05, 0.1) is 21.5 Å². The molecule has 0 spiro atoms. The predicted octanol–water partition coefficient (Wildman–Crippen LogP) is 4.61. The van der Waals surface area contributed by atoms with E-state index in [1.807, 2.05) is 0 Å². The number of nitrogens with one attached hydrogen (secondary N) is 1. The van der Waals surface area contributed by atoms with Gasteiger partial charge in [-0.2, -0.15) is 13.2 Å². The molecule has 0 amide bonds. The quantitative estimate of drug-likeness (QED) is 0.492. The van der Waals surface area contributed by atoms with Crippen molar-refractivity contribution >= 4 is 43.3 Å². The van der Waals surface area contributed by atoms with Crippen molar-refractivity contribution in [3.63, 3.8) is 0 Å². The third-order valence-corrected chi connectivity index (χ3v) is 6.46. The molecule has 0 aliphatic carbocycles. The topological polar surface area (TPSA) is 81.1 Å². The number of halogens is 3. The molecule has 1 N–H and O–H groups in total. The van der Waals surface area contributed by atoms with Crippen LogP contribution >= 0.6 is 11.3 Å². The number of hydrogen-bond donors (Lipinski definition) is 1. The van der Waals surface area contributed by atoms with Crippen LogP contribution in [-0.2, 0) is 16.2 Å². The molecule has 0 aliphatic rings. The number of alkyl halides is 3. The zero-order valence-corrected chi connectivity index (χ0v) is 16.6. The molecular weight excluding hydrogens is 439 g/mol. The largest absolute Gasteiger partial charge is 0.417 e. The van der Waals surface area contributed by atoms with Gasteiger partial charge in [-0.1, -0.05) is 12.1 Å². The van der Waals surface area contributed by atoms with Gasteiger partial charge in [0, 0.05) is 23.2 Å². The number of aromatic nitrogens is 2. The van der Waals surface area contributed by atoms with E-state index in [0.717, 1.165) is 28.0 Å². The van der Waals surface area contributed by atoms with E-state index in [-0.39, 0.29) is 15.5 Å². The first-order chi connectivity index (χ1) is 14.2. The van der Waals surface area contributed by atoms with Crippen molar-refractivity contribution in [1.29, 1.82) is 0 Å². The normalized spacial score (nSPS) is 12.2. The summed E-state index contributed by atoms with van der Waals surface area (Å²) in [4.78, 5) is 16.6. The molecule has 154 valence electrons. The summed E-state index contributed by atoms with van der Waals surface area (Å²) < 4.78 is 68.2. The highest BCUT2D eigenvalue weighted by Gasteiger charge is 2.35. The molecule has 2 heterocycles. The number of carbonyl (C=O) groups excluding carboxylic acids is 1. The van der Waals surface area contributed by atoms with E-state index in [1.165, 1.54) is 48.8 Å². The van der Waals surface area contributed by atoms with E-state index in [9.17, 15) is 26.4 Å². The van der Waals surface area contributed by atoms with Crippen molar-refractivity contribution in [3.8, 4) is 0 Å². The lowest BCUT2D eigenvalue weighted by molar-refractivity contribution is -0.137. The molecule has 0 radical (unpaired) electrons. The Kier molecular flexibility index (Phi) is 4.86. The van der Waals surface area contributed by atoms with Crippen LogP contribution in [0.4, 0.5) is 18.3 Å². The van der Waals surface area contributed by atoms with Crippen molar-refractivity contribution in [2.45, 2.75) is 11.1 Å². The van der Waals surface area contributed by atoms with Gasteiger partial charge in [-0.15, -0.1) is 11.3 Å². The third-order valence-electron chi connectivity index (χ3n) is 4.31. The van der Waals surface area contributed by atoms with Gasteiger partial charge in [0.15, 0.2) is 5.13 Å². The lowest BCUT2D eigenvalue weighted by Gasteiger charge is -2.12. The average Bonchev–Trinajstić information content (AvgIpc) is 3.35. The van der Waals surface area contributed by atoms with E-state index < -0.39 is 33.2 Å². The maximum Gasteiger partial charge on any atom is 0.417 e. The molecule has 0 aliphatic heterocycles. The maximum absolute atomic E-state index is 13.3. The zero-order valence-electron chi connectivity index (χ0n) is 14.9. The molecule has 0 saturated heterocycles. The van der Waals surface area contributed by atoms with Crippen LogP contribution in [0.25, 0.3) is 10.9 Å². The Morgan fingerprint density at radius 3 is 2.57 bits per heavy atom. The molecule has 0 fully saturated rings. The number of nitrogens with zero attached hydrogens (tertiary/aromatic N) is 2. The lowest BCUT2D eigenvalue weighted by atomic mass is 10.1. The molecule has 4 rings (SSSR count). The van der Waals surface area contributed by atoms with Crippen molar-refractivity contribution in [2.75, 3.05) is 4.72 Å². The molecule has 2 aromatic carbocycles. The summed E-state index contributed by atoms with van der Waals surface area (Å²) >= 11 is 1.11. The number of anilines is 1. The fourth-order valence-electron chi connectivity index (χ4n) is 2.96. The number of carbonyl (C=O) groups is 1. The molecule has 11 heteroatoms. The third kappa shape index (κ3) is 3.68. The molecule has 6 nitrogen and oxygen atoms in total. The first-order valence-corrected chi connectivity index (χ1v) is 10.8. The molecule has 4 aromatic rings. The SMILES string of the molecule is O=C(c1ccccc1C(F)(F)F)n1ccc2cc(S(=O)(=O)Nc3nccs3)ccc21. The highest BCUT2D eigenvalue weighted by molar-refractivity contribution is 7.93. The lowest BCUT2D eigenvalue weighted by Crippen LogP contribution is -2.18. The summed E-state index contributed by atoms with van der Waals surface area (Å²) in [5, 5.41) is 2.20. The number of sulfonamides is 1. The average molecular weight is 451 g/mol. The van der Waals surface area contributed by atoms with Gasteiger partial charge in [-0.25, -0.2) is 13.4 Å². The summed E-state index contributed by atoms with van der Waals surface area (Å²) in [6.07, 6.45) is -1.92. The molecule has 30 heavy (non-hydrogen) atoms. The molecule has 0 atom stereocenters. The van der Waals surface area contributed by atoms with Gasteiger partial charge in [0.2, 0.25) is 0 Å². The van der Waals surface area contributed by atoms with E-state index in [0.29, 0.717) is 5.39 Å². The second-order valence-corrected chi connectivity index (χ2v) is 8.77. The molecular formula is C19H12F3N3O3S2. The van der Waals surface area contributed by atoms with Gasteiger partial charge >= 0.3 is 6.18 Å². The van der Waals surface area contributed by atoms with Crippen LogP contribution in [0.1, 0.15) is 15.9 Å². The smallest absolute Gasteiger partial charge is 0.283 e. The standard InChI is InChI=1S/C19H12F3N3O3S2/c20-19(21,22)15-4-2-1-3-14(15)17(26)25-9-7-12-11-13(5-6-16(12)25)30(27,28)24-18-23-8-10-29-18/h1-11H,(H,23,24). The van der Waals surface area contributed by atoms with Gasteiger partial charge < -0.3 is 0 Å². The van der Waals surface area contributed by atoms with Crippen LogP contribution < -0.4 is 4.72 Å².